The molecule has 0 aliphatic carbocycles. The number of carbonyl (C=O) groups excluding carboxylic acids is 1. The van der Waals surface area contributed by atoms with Crippen LogP contribution in [0.3, 0.4) is 0 Å². The molecule has 2 aromatic carbocycles. The number of hydrogen-bond donors (Lipinski definition) is 0. The highest BCUT2D eigenvalue weighted by atomic mass is 19.1. The van der Waals surface area contributed by atoms with Gasteiger partial charge < -0.3 is 18.9 Å². The van der Waals surface area contributed by atoms with Crippen LogP contribution in [0.5, 0.6) is 11.5 Å². The lowest BCUT2D eigenvalue weighted by Gasteiger charge is -2.24. The van der Waals surface area contributed by atoms with E-state index in [1.54, 1.807) is 30.2 Å². The number of likely N-dealkylation sites (tertiary alicyclic amines) is 1. The molecule has 1 fully saturated rings. The summed E-state index contributed by atoms with van der Waals surface area (Å²) in [7, 11) is 1.62. The summed E-state index contributed by atoms with van der Waals surface area (Å²) in [5.74, 6) is 0.580. The minimum absolute atomic E-state index is 0.0134. The molecule has 0 spiro atoms. The first-order chi connectivity index (χ1) is 14.2. The lowest BCUT2D eigenvalue weighted by atomic mass is 10.0. The van der Waals surface area contributed by atoms with Crippen molar-refractivity contribution >= 4 is 5.91 Å². The molecule has 150 valence electrons. The number of ether oxygens (including phenoxy) is 2. The first kappa shape index (κ1) is 19.0. The average Bonchev–Trinajstić information content (AvgIpc) is 3.42. The summed E-state index contributed by atoms with van der Waals surface area (Å²) < 4.78 is 29.6. The third kappa shape index (κ3) is 4.08. The fourth-order valence-electron chi connectivity index (χ4n) is 3.54. The summed E-state index contributed by atoms with van der Waals surface area (Å²) in [4.78, 5) is 14.8. The Morgan fingerprint density at radius 2 is 2.10 bits per heavy atom. The Kier molecular flexibility index (Phi) is 5.46. The van der Waals surface area contributed by atoms with Crippen LogP contribution in [-0.2, 0) is 6.61 Å². The van der Waals surface area contributed by atoms with E-state index in [-0.39, 0.29) is 30.0 Å². The van der Waals surface area contributed by atoms with E-state index in [9.17, 15) is 9.18 Å². The fraction of sp³-hybridized carbons (Fsp3) is 0.273. The zero-order valence-electron chi connectivity index (χ0n) is 16.0. The van der Waals surface area contributed by atoms with Crippen molar-refractivity contribution < 1.29 is 23.2 Å². The van der Waals surface area contributed by atoms with Crippen molar-refractivity contribution in [2.45, 2.75) is 25.5 Å². The minimum Gasteiger partial charge on any atom is -0.497 e. The third-order valence-electron chi connectivity index (χ3n) is 4.98. The van der Waals surface area contributed by atoms with Crippen molar-refractivity contribution in [2.24, 2.45) is 0 Å². The van der Waals surface area contributed by atoms with E-state index < -0.39 is 5.82 Å². The second kappa shape index (κ2) is 8.34. The molecule has 1 amide bonds. The van der Waals surface area contributed by atoms with Crippen LogP contribution in [0.1, 0.15) is 40.7 Å². The van der Waals surface area contributed by atoms with Gasteiger partial charge >= 0.3 is 0 Å². The van der Waals surface area contributed by atoms with Crippen LogP contribution in [0, 0.1) is 5.82 Å². The second-order valence-electron chi connectivity index (χ2n) is 6.83. The highest BCUT2D eigenvalue weighted by Crippen LogP contribution is 2.34. The average molecular weight is 396 g/mol. The Morgan fingerprint density at radius 1 is 1.24 bits per heavy atom. The summed E-state index contributed by atoms with van der Waals surface area (Å²) >= 11 is 0. The van der Waals surface area contributed by atoms with E-state index in [0.29, 0.717) is 12.3 Å². The number of carbonyl (C=O) groups is 1. The summed E-state index contributed by atoms with van der Waals surface area (Å²) in [6.45, 7) is 0.634. The number of amides is 1. The molecule has 0 unspecified atom stereocenters. The topological polar surface area (TPSA) is 64.8 Å². The van der Waals surface area contributed by atoms with Gasteiger partial charge in [-0.2, -0.15) is 0 Å². The highest BCUT2D eigenvalue weighted by Gasteiger charge is 2.32. The fourth-order valence-corrected chi connectivity index (χ4v) is 3.54. The lowest BCUT2D eigenvalue weighted by molar-refractivity contribution is 0.0724. The van der Waals surface area contributed by atoms with Crippen molar-refractivity contribution in [2.75, 3.05) is 13.7 Å². The van der Waals surface area contributed by atoms with Crippen LogP contribution >= 0.6 is 0 Å². The maximum absolute atomic E-state index is 13.6. The number of para-hydroxylation sites is 1. The predicted molar refractivity (Wildman–Crippen MR) is 103 cm³/mol. The molecule has 0 N–H and O–H groups in total. The summed E-state index contributed by atoms with van der Waals surface area (Å²) in [6.07, 6.45) is 1.79. The molecule has 0 radical (unpaired) electrons. The number of rotatable bonds is 6. The van der Waals surface area contributed by atoms with Crippen LogP contribution in [0.2, 0.25) is 0 Å². The summed E-state index contributed by atoms with van der Waals surface area (Å²) in [5.41, 5.74) is 1.24. The van der Waals surface area contributed by atoms with Gasteiger partial charge in [0.2, 0.25) is 0 Å². The molecule has 7 heteroatoms. The second-order valence-corrected chi connectivity index (χ2v) is 6.83. The number of halogens is 1. The number of methoxy groups -OCH3 is 1. The summed E-state index contributed by atoms with van der Waals surface area (Å²) in [5, 5.41) is 3.89. The Morgan fingerprint density at radius 3 is 2.93 bits per heavy atom. The van der Waals surface area contributed by atoms with Gasteiger partial charge in [0.05, 0.1) is 13.2 Å². The molecule has 1 aliphatic rings. The van der Waals surface area contributed by atoms with Crippen molar-refractivity contribution in [1.29, 1.82) is 0 Å². The standard InChI is InChI=1S/C22H21FN2O4/c1-27-16-7-4-6-15(12-16)20-9-5-11-25(20)22(26)19-13-17(29-24-19)14-28-21-10-3-2-8-18(21)23/h2-4,6-8,10,12-13,20H,5,9,11,14H2,1H3/t20-/m1/s1. The van der Waals surface area contributed by atoms with E-state index in [4.69, 9.17) is 14.0 Å². The van der Waals surface area contributed by atoms with Crippen molar-refractivity contribution in [3.8, 4) is 11.5 Å². The van der Waals surface area contributed by atoms with Gasteiger partial charge in [-0.1, -0.05) is 29.4 Å². The monoisotopic (exact) mass is 396 g/mol. The van der Waals surface area contributed by atoms with Crippen LogP contribution in [0.15, 0.2) is 59.1 Å². The van der Waals surface area contributed by atoms with E-state index in [0.717, 1.165) is 24.2 Å². The van der Waals surface area contributed by atoms with Gasteiger partial charge in [0.1, 0.15) is 12.4 Å². The molecule has 1 atom stereocenters. The maximum atomic E-state index is 13.6. The van der Waals surface area contributed by atoms with E-state index >= 15 is 0 Å². The van der Waals surface area contributed by atoms with Gasteiger partial charge in [-0.05, 0) is 42.7 Å². The van der Waals surface area contributed by atoms with Gasteiger partial charge in [-0.15, -0.1) is 0 Å². The molecule has 0 saturated carbocycles. The third-order valence-corrected chi connectivity index (χ3v) is 4.98. The molecule has 1 aliphatic heterocycles. The molecule has 4 rings (SSSR count). The zero-order chi connectivity index (χ0) is 20.2. The quantitative estimate of drug-likeness (QED) is 0.619. The number of aromatic nitrogens is 1. The van der Waals surface area contributed by atoms with Gasteiger partial charge in [-0.3, -0.25) is 4.79 Å². The molecular weight excluding hydrogens is 375 g/mol. The van der Waals surface area contributed by atoms with Crippen LogP contribution in [0.4, 0.5) is 4.39 Å². The molecule has 1 saturated heterocycles. The molecule has 3 aromatic rings. The minimum atomic E-state index is -0.457. The number of nitrogens with zero attached hydrogens (tertiary/aromatic N) is 2. The maximum Gasteiger partial charge on any atom is 0.276 e. The van der Waals surface area contributed by atoms with Gasteiger partial charge in [0.15, 0.2) is 23.0 Å². The SMILES string of the molecule is COc1cccc([C@H]2CCCN2C(=O)c2cc(COc3ccccc3F)on2)c1. The Hall–Kier alpha value is -3.35. The Balaban J connectivity index is 1.46. The summed E-state index contributed by atoms with van der Waals surface area (Å²) in [6, 6.07) is 15.4. The molecule has 6 nitrogen and oxygen atoms in total. The molecule has 0 bridgehead atoms. The van der Waals surface area contributed by atoms with Crippen LogP contribution in [-0.4, -0.2) is 29.6 Å². The normalized spacial score (nSPS) is 16.1. The zero-order valence-corrected chi connectivity index (χ0v) is 16.0. The molecule has 2 heterocycles. The predicted octanol–water partition coefficient (Wildman–Crippen LogP) is 4.38. The smallest absolute Gasteiger partial charge is 0.276 e. The lowest BCUT2D eigenvalue weighted by Crippen LogP contribution is -2.30. The van der Waals surface area contributed by atoms with Crippen LogP contribution in [0.25, 0.3) is 0 Å². The van der Waals surface area contributed by atoms with Crippen molar-refractivity contribution in [3.05, 3.63) is 77.4 Å². The van der Waals surface area contributed by atoms with Crippen molar-refractivity contribution in [1.82, 2.24) is 10.1 Å². The van der Waals surface area contributed by atoms with Crippen molar-refractivity contribution in [3.63, 3.8) is 0 Å². The molecular formula is C22H21FN2O4. The first-order valence-electron chi connectivity index (χ1n) is 9.43. The highest BCUT2D eigenvalue weighted by molar-refractivity contribution is 5.92. The molecule has 1 aromatic heterocycles. The first-order valence-corrected chi connectivity index (χ1v) is 9.43. The Bertz CT molecular complexity index is 1000. The van der Waals surface area contributed by atoms with Gasteiger partial charge in [0, 0.05) is 12.6 Å². The Labute approximate surface area is 167 Å². The van der Waals surface area contributed by atoms with E-state index in [2.05, 4.69) is 5.16 Å². The van der Waals surface area contributed by atoms with Crippen LogP contribution < -0.4 is 9.47 Å². The number of benzene rings is 2. The van der Waals surface area contributed by atoms with Gasteiger partial charge in [0.25, 0.3) is 5.91 Å². The number of hydrogen-bond acceptors (Lipinski definition) is 5. The van der Waals surface area contributed by atoms with Gasteiger partial charge in [-0.25, -0.2) is 4.39 Å². The molecule has 29 heavy (non-hydrogen) atoms. The largest absolute Gasteiger partial charge is 0.497 e. The van der Waals surface area contributed by atoms with E-state index in [1.165, 1.54) is 12.1 Å². The van der Waals surface area contributed by atoms with E-state index in [1.807, 2.05) is 24.3 Å².